The van der Waals surface area contributed by atoms with Gasteiger partial charge in [0.1, 0.15) is 6.04 Å². The summed E-state index contributed by atoms with van der Waals surface area (Å²) >= 11 is 0. The molecule has 0 heterocycles. The highest BCUT2D eigenvalue weighted by molar-refractivity contribution is 7.59. The quantitative estimate of drug-likeness (QED) is 0.797. The van der Waals surface area contributed by atoms with Crippen molar-refractivity contribution < 1.29 is 14.3 Å². The van der Waals surface area contributed by atoms with Crippen molar-refractivity contribution >= 4 is 25.5 Å². The number of rotatable bonds is 5. The number of nitrogens with one attached hydrogen (secondary N) is 2. The van der Waals surface area contributed by atoms with Crippen LogP contribution in [0.2, 0.25) is 0 Å². The van der Waals surface area contributed by atoms with Gasteiger partial charge in [0.15, 0.2) is 0 Å². The Hall–Kier alpha value is -0.910. The summed E-state index contributed by atoms with van der Waals surface area (Å²) in [5.74, 6) is -0.191. The van der Waals surface area contributed by atoms with E-state index in [1.165, 1.54) is 7.11 Å². The fourth-order valence-electron chi connectivity index (χ4n) is 1.05. The number of amides is 2. The van der Waals surface area contributed by atoms with Gasteiger partial charge in [-0.25, -0.2) is 4.79 Å². The molecule has 0 unspecified atom stereocenters. The molecule has 104 valence electrons. The number of hydrogen-bond acceptors (Lipinski definition) is 3. The molecule has 1 atom stereocenters. The first kappa shape index (κ1) is 21.4. The zero-order chi connectivity index (χ0) is 13.0. The van der Waals surface area contributed by atoms with Crippen LogP contribution in [0.3, 0.4) is 0 Å². The standard InChI is InChI=1S/C9H18N2O3.C2H6.H2S/c1-4-5-6-7(8(12)10-2)11-9(13)14-3;1-2;/h7H,4-6H2,1-3H3,(H,10,12)(H,11,13);1-2H3;1H2/t7-;;/m0../s1. The normalized spacial score (nSPS) is 9.94. The molecule has 2 amide bonds. The van der Waals surface area contributed by atoms with Crippen LogP contribution >= 0.6 is 13.5 Å². The smallest absolute Gasteiger partial charge is 0.407 e. The van der Waals surface area contributed by atoms with E-state index in [9.17, 15) is 9.59 Å². The van der Waals surface area contributed by atoms with Gasteiger partial charge in [0.25, 0.3) is 0 Å². The molecule has 0 aromatic carbocycles. The Morgan fingerprint density at radius 3 is 2.18 bits per heavy atom. The Morgan fingerprint density at radius 1 is 1.29 bits per heavy atom. The van der Waals surface area contributed by atoms with Crippen molar-refractivity contribution in [2.45, 2.75) is 46.1 Å². The van der Waals surface area contributed by atoms with Crippen molar-refractivity contribution in [3.05, 3.63) is 0 Å². The number of carbonyl (C=O) groups excluding carboxylic acids is 2. The molecule has 0 saturated heterocycles. The highest BCUT2D eigenvalue weighted by Crippen LogP contribution is 2.00. The van der Waals surface area contributed by atoms with Crippen molar-refractivity contribution in [3.8, 4) is 0 Å². The molecule has 0 fully saturated rings. The van der Waals surface area contributed by atoms with Gasteiger partial charge >= 0.3 is 6.09 Å². The van der Waals surface area contributed by atoms with Crippen LogP contribution in [0, 0.1) is 0 Å². The number of methoxy groups -OCH3 is 1. The first-order valence-corrected chi connectivity index (χ1v) is 5.71. The molecule has 0 spiro atoms. The van der Waals surface area contributed by atoms with Crippen LogP contribution in [0.15, 0.2) is 0 Å². The molecular weight excluding hydrogens is 240 g/mol. The third-order valence-electron chi connectivity index (χ3n) is 1.89. The largest absolute Gasteiger partial charge is 0.453 e. The van der Waals surface area contributed by atoms with Crippen LogP contribution in [-0.4, -0.2) is 32.2 Å². The lowest BCUT2D eigenvalue weighted by molar-refractivity contribution is -0.122. The minimum atomic E-state index is -0.574. The fourth-order valence-corrected chi connectivity index (χ4v) is 1.05. The lowest BCUT2D eigenvalue weighted by Gasteiger charge is -2.15. The van der Waals surface area contributed by atoms with Crippen LogP contribution in [-0.2, 0) is 9.53 Å². The summed E-state index contributed by atoms with van der Waals surface area (Å²) in [5.41, 5.74) is 0. The second kappa shape index (κ2) is 15.1. The summed E-state index contributed by atoms with van der Waals surface area (Å²) in [5, 5.41) is 4.97. The zero-order valence-corrected chi connectivity index (χ0v) is 12.4. The molecule has 2 N–H and O–H groups in total. The van der Waals surface area contributed by atoms with Crippen molar-refractivity contribution in [1.29, 1.82) is 0 Å². The minimum absolute atomic E-state index is 0. The molecule has 0 radical (unpaired) electrons. The Kier molecular flexibility index (Phi) is 19.0. The van der Waals surface area contributed by atoms with Gasteiger partial charge in [0, 0.05) is 7.05 Å². The summed E-state index contributed by atoms with van der Waals surface area (Å²) in [6.45, 7) is 6.03. The van der Waals surface area contributed by atoms with E-state index in [-0.39, 0.29) is 19.4 Å². The van der Waals surface area contributed by atoms with Crippen LogP contribution in [0.5, 0.6) is 0 Å². The first-order valence-electron chi connectivity index (χ1n) is 5.71. The Labute approximate surface area is 111 Å². The Balaban J connectivity index is -0.000000616. The highest BCUT2D eigenvalue weighted by atomic mass is 32.1. The zero-order valence-electron chi connectivity index (χ0n) is 11.4. The number of likely N-dealkylation sites (N-methyl/N-ethyl adjacent to an activating group) is 1. The third-order valence-corrected chi connectivity index (χ3v) is 1.89. The maximum atomic E-state index is 11.3. The summed E-state index contributed by atoms with van der Waals surface area (Å²) in [4.78, 5) is 22.2. The summed E-state index contributed by atoms with van der Waals surface area (Å²) < 4.78 is 4.43. The Morgan fingerprint density at radius 2 is 1.82 bits per heavy atom. The van der Waals surface area contributed by atoms with Crippen molar-refractivity contribution in [2.24, 2.45) is 0 Å². The van der Waals surface area contributed by atoms with Gasteiger partial charge < -0.3 is 15.4 Å². The molecular formula is C11H26N2O3S. The first-order chi connectivity index (χ1) is 7.65. The molecule has 0 aromatic rings. The molecule has 0 aliphatic rings. The van der Waals surface area contributed by atoms with Gasteiger partial charge in [-0.2, -0.15) is 13.5 Å². The van der Waals surface area contributed by atoms with E-state index >= 15 is 0 Å². The van der Waals surface area contributed by atoms with Gasteiger partial charge in [-0.1, -0.05) is 33.6 Å². The van der Waals surface area contributed by atoms with E-state index in [0.29, 0.717) is 6.42 Å². The van der Waals surface area contributed by atoms with E-state index in [1.54, 1.807) is 7.05 Å². The third kappa shape index (κ3) is 11.4. The van der Waals surface area contributed by atoms with Gasteiger partial charge in [0.2, 0.25) is 5.91 Å². The average molecular weight is 266 g/mol. The van der Waals surface area contributed by atoms with Crippen LogP contribution in [0.4, 0.5) is 4.79 Å². The summed E-state index contributed by atoms with van der Waals surface area (Å²) in [6.07, 6.45) is 1.93. The molecule has 6 heteroatoms. The van der Waals surface area contributed by atoms with E-state index in [4.69, 9.17) is 0 Å². The van der Waals surface area contributed by atoms with Crippen LogP contribution < -0.4 is 10.6 Å². The number of unbranched alkanes of at least 4 members (excludes halogenated alkanes) is 1. The van der Waals surface area contributed by atoms with Gasteiger partial charge in [-0.3, -0.25) is 4.79 Å². The topological polar surface area (TPSA) is 67.4 Å². The second-order valence-corrected chi connectivity index (χ2v) is 2.94. The van der Waals surface area contributed by atoms with Crippen molar-refractivity contribution in [1.82, 2.24) is 10.6 Å². The summed E-state index contributed by atoms with van der Waals surface area (Å²) in [7, 11) is 2.82. The second-order valence-electron chi connectivity index (χ2n) is 2.94. The Bertz CT molecular complexity index is 201. The van der Waals surface area contributed by atoms with E-state index in [0.717, 1.165) is 12.8 Å². The molecule has 0 saturated carbocycles. The molecule has 0 aromatic heterocycles. The lowest BCUT2D eigenvalue weighted by atomic mass is 10.1. The van der Waals surface area contributed by atoms with Gasteiger partial charge in [-0.05, 0) is 6.42 Å². The fraction of sp³-hybridized carbons (Fsp3) is 0.818. The van der Waals surface area contributed by atoms with Crippen LogP contribution in [0.25, 0.3) is 0 Å². The lowest BCUT2D eigenvalue weighted by Crippen LogP contribution is -2.45. The average Bonchev–Trinajstić information content (AvgIpc) is 2.35. The number of carbonyl (C=O) groups is 2. The van der Waals surface area contributed by atoms with E-state index in [1.807, 2.05) is 20.8 Å². The van der Waals surface area contributed by atoms with Gasteiger partial charge in [-0.15, -0.1) is 0 Å². The monoisotopic (exact) mass is 266 g/mol. The number of alkyl carbamates (subject to hydrolysis) is 1. The minimum Gasteiger partial charge on any atom is -0.453 e. The van der Waals surface area contributed by atoms with Crippen molar-refractivity contribution in [2.75, 3.05) is 14.2 Å². The predicted octanol–water partition coefficient (Wildman–Crippen LogP) is 1.79. The molecule has 5 nitrogen and oxygen atoms in total. The van der Waals surface area contributed by atoms with Gasteiger partial charge in [0.05, 0.1) is 7.11 Å². The molecule has 17 heavy (non-hydrogen) atoms. The maximum Gasteiger partial charge on any atom is 0.407 e. The highest BCUT2D eigenvalue weighted by Gasteiger charge is 2.18. The molecule has 0 aliphatic carbocycles. The maximum absolute atomic E-state index is 11.3. The van der Waals surface area contributed by atoms with Crippen molar-refractivity contribution in [3.63, 3.8) is 0 Å². The van der Waals surface area contributed by atoms with E-state index < -0.39 is 12.1 Å². The number of ether oxygens (including phenoxy) is 1. The van der Waals surface area contributed by atoms with Crippen LogP contribution in [0.1, 0.15) is 40.0 Å². The SMILES string of the molecule is CC.CCCC[C@H](NC(=O)OC)C(=O)NC.S. The number of hydrogen-bond donors (Lipinski definition) is 2. The molecule has 0 rings (SSSR count). The molecule has 0 aliphatic heterocycles. The molecule has 0 bridgehead atoms. The summed E-state index contributed by atoms with van der Waals surface area (Å²) in [6, 6.07) is -0.493. The predicted molar refractivity (Wildman–Crippen MR) is 74.6 cm³/mol. The van der Waals surface area contributed by atoms with E-state index in [2.05, 4.69) is 15.4 Å².